The zero-order valence-corrected chi connectivity index (χ0v) is 17.6. The summed E-state index contributed by atoms with van der Waals surface area (Å²) in [5, 5.41) is 3.10. The summed E-state index contributed by atoms with van der Waals surface area (Å²) in [7, 11) is 2.21. The molecule has 2 saturated heterocycles. The Bertz CT molecular complexity index is 652. The monoisotopic (exact) mass is 372 g/mol. The third kappa shape index (κ3) is 5.77. The summed E-state index contributed by atoms with van der Waals surface area (Å²) in [6.07, 6.45) is 2.25. The summed E-state index contributed by atoms with van der Waals surface area (Å²) in [5.74, 6) is 0.0860. The number of carbonyl (C=O) groups is 1. The number of carbonyl (C=O) groups excluding carboxylic acids is 1. The average Bonchev–Trinajstić information content (AvgIpc) is 2.61. The maximum absolute atomic E-state index is 11.4. The van der Waals surface area contributed by atoms with Gasteiger partial charge in [0.05, 0.1) is 0 Å². The fourth-order valence-electron chi connectivity index (χ4n) is 4.38. The van der Waals surface area contributed by atoms with E-state index in [0.29, 0.717) is 6.04 Å². The number of nitrogens with zero attached hydrogens (tertiary/aromatic N) is 3. The molecule has 150 valence electrons. The van der Waals surface area contributed by atoms with Gasteiger partial charge in [-0.05, 0) is 62.5 Å². The second-order valence-electron chi connectivity index (χ2n) is 8.56. The molecule has 1 amide bonds. The lowest BCUT2D eigenvalue weighted by molar-refractivity contribution is -0.120. The van der Waals surface area contributed by atoms with Gasteiger partial charge in [0.15, 0.2) is 0 Å². The zero-order chi connectivity index (χ0) is 19.4. The van der Waals surface area contributed by atoms with Crippen molar-refractivity contribution in [1.82, 2.24) is 20.0 Å². The van der Waals surface area contributed by atoms with Crippen molar-refractivity contribution < 1.29 is 4.79 Å². The molecule has 27 heavy (non-hydrogen) atoms. The zero-order valence-electron chi connectivity index (χ0n) is 17.6. The Labute approximate surface area is 164 Å². The van der Waals surface area contributed by atoms with Gasteiger partial charge in [-0.25, -0.2) is 0 Å². The van der Waals surface area contributed by atoms with Crippen molar-refractivity contribution in [2.45, 2.75) is 52.7 Å². The van der Waals surface area contributed by atoms with Gasteiger partial charge in [-0.3, -0.25) is 14.6 Å². The lowest BCUT2D eigenvalue weighted by Crippen LogP contribution is -2.46. The molecule has 5 heteroatoms. The first-order chi connectivity index (χ1) is 12.9. The van der Waals surface area contributed by atoms with Crippen molar-refractivity contribution in [2.75, 3.05) is 46.3 Å². The smallest absolute Gasteiger partial charge is 0.217 e. The minimum atomic E-state index is 0.0860. The van der Waals surface area contributed by atoms with Crippen LogP contribution in [0.3, 0.4) is 0 Å². The number of benzene rings is 1. The summed E-state index contributed by atoms with van der Waals surface area (Å²) >= 11 is 0. The van der Waals surface area contributed by atoms with Crippen molar-refractivity contribution in [3.8, 4) is 0 Å². The second-order valence-corrected chi connectivity index (χ2v) is 8.56. The van der Waals surface area contributed by atoms with Crippen LogP contribution in [0.15, 0.2) is 12.1 Å². The van der Waals surface area contributed by atoms with E-state index in [0.717, 1.165) is 65.2 Å². The molecule has 0 aliphatic carbocycles. The molecule has 1 aromatic carbocycles. The van der Waals surface area contributed by atoms with Crippen LogP contribution < -0.4 is 5.32 Å². The van der Waals surface area contributed by atoms with Crippen LogP contribution in [0.25, 0.3) is 0 Å². The second kappa shape index (κ2) is 9.18. The number of piperidine rings is 1. The van der Waals surface area contributed by atoms with Crippen molar-refractivity contribution in [3.63, 3.8) is 0 Å². The fraction of sp³-hybridized carbons (Fsp3) is 0.682. The highest BCUT2D eigenvalue weighted by atomic mass is 16.1. The van der Waals surface area contributed by atoms with Crippen LogP contribution in [0.2, 0.25) is 0 Å². The average molecular weight is 373 g/mol. The first-order valence-electron chi connectivity index (χ1n) is 10.4. The topological polar surface area (TPSA) is 38.8 Å². The number of likely N-dealkylation sites (N-methyl/N-ethyl adjacent to an activating group) is 1. The maximum Gasteiger partial charge on any atom is 0.217 e. The van der Waals surface area contributed by atoms with E-state index in [-0.39, 0.29) is 5.91 Å². The number of aryl methyl sites for hydroxylation is 2. The van der Waals surface area contributed by atoms with Gasteiger partial charge in [-0.15, -0.1) is 0 Å². The molecule has 5 nitrogen and oxygen atoms in total. The van der Waals surface area contributed by atoms with Gasteiger partial charge >= 0.3 is 0 Å². The molecule has 1 N–H and O–H groups in total. The predicted molar refractivity (Wildman–Crippen MR) is 111 cm³/mol. The van der Waals surface area contributed by atoms with Crippen LogP contribution in [0.1, 0.15) is 42.0 Å². The highest BCUT2D eigenvalue weighted by Gasteiger charge is 2.21. The highest BCUT2D eigenvalue weighted by Crippen LogP contribution is 2.22. The Kier molecular flexibility index (Phi) is 6.90. The molecule has 2 heterocycles. The normalized spacial score (nSPS) is 22.7. The van der Waals surface area contributed by atoms with Gasteiger partial charge in [0.2, 0.25) is 5.91 Å². The lowest BCUT2D eigenvalue weighted by atomic mass is 9.97. The van der Waals surface area contributed by atoms with Crippen LogP contribution in [0, 0.1) is 13.8 Å². The Morgan fingerprint density at radius 2 is 1.63 bits per heavy atom. The summed E-state index contributed by atoms with van der Waals surface area (Å²) < 4.78 is 0. The molecule has 0 spiro atoms. The molecule has 1 atom stereocenters. The maximum atomic E-state index is 11.4. The van der Waals surface area contributed by atoms with Crippen molar-refractivity contribution in [2.24, 2.45) is 0 Å². The van der Waals surface area contributed by atoms with Gasteiger partial charge in [-0.2, -0.15) is 0 Å². The van der Waals surface area contributed by atoms with Crippen LogP contribution in [0.4, 0.5) is 0 Å². The van der Waals surface area contributed by atoms with E-state index in [1.165, 1.54) is 22.3 Å². The van der Waals surface area contributed by atoms with Crippen molar-refractivity contribution in [1.29, 1.82) is 0 Å². The Balaban J connectivity index is 1.65. The Morgan fingerprint density at radius 3 is 2.26 bits per heavy atom. The van der Waals surface area contributed by atoms with E-state index < -0.39 is 0 Å². The number of hydrogen-bond donors (Lipinski definition) is 1. The van der Waals surface area contributed by atoms with E-state index in [1.54, 1.807) is 6.92 Å². The molecule has 0 bridgehead atoms. The minimum Gasteiger partial charge on any atom is -0.352 e. The molecule has 2 fully saturated rings. The largest absolute Gasteiger partial charge is 0.352 e. The molecular formula is C22H36N4O. The SMILES string of the molecule is CC(=O)NC1CCCN(Cc2cc(CN3CCN(C)CC3)c(C)cc2C)C1. The highest BCUT2D eigenvalue weighted by molar-refractivity contribution is 5.73. The summed E-state index contributed by atoms with van der Waals surface area (Å²) in [6.45, 7) is 14.9. The minimum absolute atomic E-state index is 0.0860. The van der Waals surface area contributed by atoms with Crippen LogP contribution >= 0.6 is 0 Å². The summed E-state index contributed by atoms with van der Waals surface area (Å²) in [6, 6.07) is 5.09. The molecule has 0 saturated carbocycles. The first kappa shape index (κ1) is 20.3. The van der Waals surface area contributed by atoms with Gasteiger partial charge in [0.1, 0.15) is 0 Å². The van der Waals surface area contributed by atoms with E-state index in [1.807, 2.05) is 0 Å². The molecule has 0 aromatic heterocycles. The van der Waals surface area contributed by atoms with Crippen LogP contribution in [-0.2, 0) is 17.9 Å². The van der Waals surface area contributed by atoms with E-state index in [4.69, 9.17) is 0 Å². The van der Waals surface area contributed by atoms with Crippen LogP contribution in [-0.4, -0.2) is 73.0 Å². The molecule has 2 aliphatic heterocycles. The molecule has 1 aromatic rings. The van der Waals surface area contributed by atoms with Gasteiger partial charge < -0.3 is 10.2 Å². The van der Waals surface area contributed by atoms with Gasteiger partial charge in [0.25, 0.3) is 0 Å². The number of piperazine rings is 1. The molecular weight excluding hydrogens is 336 g/mol. The Hall–Kier alpha value is -1.43. The fourth-order valence-corrected chi connectivity index (χ4v) is 4.38. The molecule has 2 aliphatic rings. The number of hydrogen-bond acceptors (Lipinski definition) is 4. The Morgan fingerprint density at radius 1 is 1.00 bits per heavy atom. The molecule has 1 unspecified atom stereocenters. The number of rotatable bonds is 5. The number of likely N-dealkylation sites (tertiary alicyclic amines) is 1. The lowest BCUT2D eigenvalue weighted by Gasteiger charge is -2.34. The number of nitrogens with one attached hydrogen (secondary N) is 1. The molecule has 0 radical (unpaired) electrons. The van der Waals surface area contributed by atoms with Crippen molar-refractivity contribution >= 4 is 5.91 Å². The quantitative estimate of drug-likeness (QED) is 0.860. The molecule has 3 rings (SSSR count). The first-order valence-corrected chi connectivity index (χ1v) is 10.4. The van der Waals surface area contributed by atoms with Gasteiger partial charge in [0, 0.05) is 58.8 Å². The predicted octanol–water partition coefficient (Wildman–Crippen LogP) is 2.15. The van der Waals surface area contributed by atoms with Crippen LogP contribution in [0.5, 0.6) is 0 Å². The van der Waals surface area contributed by atoms with E-state index in [2.05, 4.69) is 53.0 Å². The third-order valence-corrected chi connectivity index (χ3v) is 6.09. The van der Waals surface area contributed by atoms with E-state index in [9.17, 15) is 4.79 Å². The standard InChI is InChI=1S/C22H36N4O/c1-17-12-18(2)21(13-20(17)14-25-10-8-24(4)9-11-25)15-26-7-5-6-22(16-26)23-19(3)27/h12-13,22H,5-11,14-16H2,1-4H3,(H,23,27). The third-order valence-electron chi connectivity index (χ3n) is 6.09. The van der Waals surface area contributed by atoms with E-state index >= 15 is 0 Å². The van der Waals surface area contributed by atoms with Crippen molar-refractivity contribution in [3.05, 3.63) is 34.4 Å². The number of amides is 1. The van der Waals surface area contributed by atoms with Gasteiger partial charge in [-0.1, -0.05) is 12.1 Å². The summed E-state index contributed by atoms with van der Waals surface area (Å²) in [4.78, 5) is 18.9. The summed E-state index contributed by atoms with van der Waals surface area (Å²) in [5.41, 5.74) is 5.70.